The van der Waals surface area contributed by atoms with Crippen LogP contribution in [-0.4, -0.2) is 42.3 Å². The summed E-state index contributed by atoms with van der Waals surface area (Å²) in [6.45, 7) is 10.2. The van der Waals surface area contributed by atoms with Gasteiger partial charge in [0.15, 0.2) is 11.7 Å². The highest BCUT2D eigenvalue weighted by molar-refractivity contribution is 5.90. The van der Waals surface area contributed by atoms with Gasteiger partial charge in [-0.25, -0.2) is 0 Å². The number of nitrogens with one attached hydrogen (secondary N) is 2. The Hall–Kier alpha value is -1.63. The second-order valence-electron chi connectivity index (χ2n) is 6.37. The third-order valence-corrected chi connectivity index (χ3v) is 3.46. The van der Waals surface area contributed by atoms with E-state index in [9.17, 15) is 9.59 Å². The van der Waals surface area contributed by atoms with E-state index in [2.05, 4.69) is 15.6 Å². The maximum absolute atomic E-state index is 12.5. The van der Waals surface area contributed by atoms with Gasteiger partial charge in [0.2, 0.25) is 5.91 Å². The highest BCUT2D eigenvalue weighted by Gasteiger charge is 2.26. The maximum Gasteiger partial charge on any atom is 0.237 e. The Morgan fingerprint density at radius 2 is 1.74 bits per heavy atom. The monoisotopic (exact) mass is 327 g/mol. The molecule has 134 valence electrons. The molecule has 0 aliphatic carbocycles. The molecule has 0 saturated heterocycles. The highest BCUT2D eigenvalue weighted by Crippen LogP contribution is 2.07. The molecule has 0 aromatic heterocycles. The molecule has 7 heteroatoms. The molecule has 0 aliphatic rings. The Balaban J connectivity index is 4.76. The number of carbonyl (C=O) groups excluding carboxylic acids is 2. The van der Waals surface area contributed by atoms with E-state index in [1.807, 2.05) is 27.7 Å². The van der Waals surface area contributed by atoms with E-state index in [0.717, 1.165) is 0 Å². The van der Waals surface area contributed by atoms with Crippen LogP contribution in [0.1, 0.15) is 53.9 Å². The molecule has 0 aromatic rings. The normalized spacial score (nSPS) is 13.7. The fourth-order valence-electron chi connectivity index (χ4n) is 2.26. The van der Waals surface area contributed by atoms with E-state index in [1.54, 1.807) is 6.92 Å². The predicted molar refractivity (Wildman–Crippen MR) is 94.0 cm³/mol. The number of rotatable bonds is 11. The van der Waals surface area contributed by atoms with Crippen molar-refractivity contribution in [3.05, 3.63) is 0 Å². The standard InChI is InChI=1S/C16H33N5O2/c1-6-13(22)12(8-7-9-19-16(17)18)21-15(23)14(10(2)3)20-11(4)5/h10-12,14,20H,6-9H2,1-5H3,(H,21,23)(H4,17,18,19)/t12-,14-/m0/s1. The summed E-state index contributed by atoms with van der Waals surface area (Å²) in [7, 11) is 0. The van der Waals surface area contributed by atoms with Crippen molar-refractivity contribution in [2.75, 3.05) is 6.54 Å². The van der Waals surface area contributed by atoms with Crippen molar-refractivity contribution in [1.82, 2.24) is 10.6 Å². The predicted octanol–water partition coefficient (Wildman–Crippen LogP) is 0.527. The topological polar surface area (TPSA) is 123 Å². The van der Waals surface area contributed by atoms with Gasteiger partial charge >= 0.3 is 0 Å². The van der Waals surface area contributed by atoms with Crippen LogP contribution < -0.4 is 22.1 Å². The average Bonchev–Trinajstić information content (AvgIpc) is 2.46. The van der Waals surface area contributed by atoms with Crippen LogP contribution in [-0.2, 0) is 9.59 Å². The van der Waals surface area contributed by atoms with Crippen LogP contribution in [0.15, 0.2) is 4.99 Å². The minimum Gasteiger partial charge on any atom is -0.370 e. The fourth-order valence-corrected chi connectivity index (χ4v) is 2.26. The number of nitrogens with two attached hydrogens (primary N) is 2. The second-order valence-corrected chi connectivity index (χ2v) is 6.37. The van der Waals surface area contributed by atoms with E-state index in [1.165, 1.54) is 0 Å². The van der Waals surface area contributed by atoms with Gasteiger partial charge in [-0.15, -0.1) is 0 Å². The molecule has 0 radical (unpaired) electrons. The summed E-state index contributed by atoms with van der Waals surface area (Å²) in [5, 5.41) is 6.13. The highest BCUT2D eigenvalue weighted by atomic mass is 16.2. The summed E-state index contributed by atoms with van der Waals surface area (Å²) >= 11 is 0. The van der Waals surface area contributed by atoms with Crippen LogP contribution in [0.3, 0.4) is 0 Å². The van der Waals surface area contributed by atoms with Gasteiger partial charge in [-0.1, -0.05) is 34.6 Å². The second kappa shape index (κ2) is 11.0. The molecule has 0 fully saturated rings. The summed E-state index contributed by atoms with van der Waals surface area (Å²) in [6, 6.07) is -0.618. The minimum atomic E-state index is -0.489. The van der Waals surface area contributed by atoms with E-state index in [-0.39, 0.29) is 35.7 Å². The number of hydrogen-bond donors (Lipinski definition) is 4. The molecule has 0 unspecified atom stereocenters. The first-order chi connectivity index (χ1) is 10.7. The van der Waals surface area contributed by atoms with Gasteiger partial charge in [-0.3, -0.25) is 14.6 Å². The fraction of sp³-hybridized carbons (Fsp3) is 0.812. The molecule has 0 bridgehead atoms. The summed E-state index contributed by atoms with van der Waals surface area (Å²) in [4.78, 5) is 28.5. The molecule has 6 N–H and O–H groups in total. The molecular weight excluding hydrogens is 294 g/mol. The van der Waals surface area contributed by atoms with Crippen molar-refractivity contribution in [1.29, 1.82) is 0 Å². The Morgan fingerprint density at radius 1 is 1.13 bits per heavy atom. The number of carbonyl (C=O) groups is 2. The molecule has 7 nitrogen and oxygen atoms in total. The molecule has 0 aliphatic heterocycles. The summed E-state index contributed by atoms with van der Waals surface area (Å²) in [6.07, 6.45) is 1.55. The zero-order valence-electron chi connectivity index (χ0n) is 15.1. The third kappa shape index (κ3) is 9.18. The number of nitrogens with zero attached hydrogens (tertiary/aromatic N) is 1. The number of guanidine groups is 1. The Bertz CT molecular complexity index is 403. The first-order valence-corrected chi connectivity index (χ1v) is 8.33. The molecule has 2 atom stereocenters. The Kier molecular flexibility index (Phi) is 10.2. The lowest BCUT2D eigenvalue weighted by atomic mass is 10.00. The molecule has 0 spiro atoms. The Morgan fingerprint density at radius 3 is 2.17 bits per heavy atom. The van der Waals surface area contributed by atoms with Crippen LogP contribution in [0.25, 0.3) is 0 Å². The lowest BCUT2D eigenvalue weighted by molar-refractivity contribution is -0.129. The lowest BCUT2D eigenvalue weighted by Crippen LogP contribution is -2.53. The van der Waals surface area contributed by atoms with Crippen molar-refractivity contribution in [2.45, 2.75) is 72.0 Å². The zero-order valence-corrected chi connectivity index (χ0v) is 15.1. The van der Waals surface area contributed by atoms with Gasteiger partial charge in [-0.05, 0) is 18.8 Å². The van der Waals surface area contributed by atoms with Crippen molar-refractivity contribution >= 4 is 17.6 Å². The largest absolute Gasteiger partial charge is 0.370 e. The van der Waals surface area contributed by atoms with Crippen molar-refractivity contribution in [3.63, 3.8) is 0 Å². The molecule has 1 amide bonds. The van der Waals surface area contributed by atoms with Crippen molar-refractivity contribution < 1.29 is 9.59 Å². The van der Waals surface area contributed by atoms with Crippen molar-refractivity contribution in [2.24, 2.45) is 22.4 Å². The molecule has 23 heavy (non-hydrogen) atoms. The van der Waals surface area contributed by atoms with Gasteiger partial charge in [-0.2, -0.15) is 0 Å². The SMILES string of the molecule is CCC(=O)[C@H](CCCN=C(N)N)NC(=O)[C@@H](NC(C)C)C(C)C. The van der Waals surface area contributed by atoms with Gasteiger partial charge in [0.05, 0.1) is 12.1 Å². The van der Waals surface area contributed by atoms with E-state index in [4.69, 9.17) is 11.5 Å². The molecule has 0 heterocycles. The Labute approximate surface area is 139 Å². The van der Waals surface area contributed by atoms with Crippen LogP contribution in [0.2, 0.25) is 0 Å². The smallest absolute Gasteiger partial charge is 0.237 e. The van der Waals surface area contributed by atoms with E-state index >= 15 is 0 Å². The first kappa shape index (κ1) is 21.4. The number of ketones is 1. The number of amides is 1. The summed E-state index contributed by atoms with van der Waals surface area (Å²) < 4.78 is 0. The van der Waals surface area contributed by atoms with Gasteiger partial charge in [0.1, 0.15) is 0 Å². The van der Waals surface area contributed by atoms with Crippen LogP contribution in [0.4, 0.5) is 0 Å². The summed E-state index contributed by atoms with van der Waals surface area (Å²) in [5.41, 5.74) is 10.6. The van der Waals surface area contributed by atoms with Gasteiger partial charge in [0.25, 0.3) is 0 Å². The molecule has 0 saturated carbocycles. The van der Waals surface area contributed by atoms with Gasteiger partial charge < -0.3 is 22.1 Å². The van der Waals surface area contributed by atoms with Crippen LogP contribution in [0, 0.1) is 5.92 Å². The quantitative estimate of drug-likeness (QED) is 0.250. The van der Waals surface area contributed by atoms with Gasteiger partial charge in [0, 0.05) is 19.0 Å². The summed E-state index contributed by atoms with van der Waals surface area (Å²) in [5.74, 6) is 0.0577. The van der Waals surface area contributed by atoms with Crippen LogP contribution >= 0.6 is 0 Å². The molecule has 0 aromatic carbocycles. The zero-order chi connectivity index (χ0) is 18.0. The molecule has 0 rings (SSSR count). The number of Topliss-reactive ketones (excluding diaryl/α,β-unsaturated/α-hetero) is 1. The van der Waals surface area contributed by atoms with E-state index < -0.39 is 6.04 Å². The van der Waals surface area contributed by atoms with E-state index in [0.29, 0.717) is 25.8 Å². The first-order valence-electron chi connectivity index (χ1n) is 8.33. The number of aliphatic imine (C=N–C) groups is 1. The molecular formula is C16H33N5O2. The minimum absolute atomic E-state index is 0.0232. The van der Waals surface area contributed by atoms with Crippen molar-refractivity contribution in [3.8, 4) is 0 Å². The average molecular weight is 327 g/mol. The number of hydrogen-bond acceptors (Lipinski definition) is 4. The lowest BCUT2D eigenvalue weighted by Gasteiger charge is -2.26. The third-order valence-electron chi connectivity index (χ3n) is 3.46. The van der Waals surface area contributed by atoms with Crippen LogP contribution in [0.5, 0.6) is 0 Å². The maximum atomic E-state index is 12.5.